The van der Waals surface area contributed by atoms with E-state index in [4.69, 9.17) is 4.74 Å². The summed E-state index contributed by atoms with van der Waals surface area (Å²) < 4.78 is 22.4. The molecule has 4 heterocycles. The number of nitrogens with zero attached hydrogens (tertiary/aromatic N) is 4. The van der Waals surface area contributed by atoms with Crippen molar-refractivity contribution in [2.24, 2.45) is 0 Å². The average Bonchev–Trinajstić information content (AvgIpc) is 3.56. The maximum Gasteiger partial charge on any atom is 0.272 e. The molecule has 2 fully saturated rings. The molecule has 1 saturated carbocycles. The molecule has 2 aromatic carbocycles. The normalized spacial score (nSPS) is 19.7. The third-order valence-electron chi connectivity index (χ3n) is 9.56. The first-order valence-corrected chi connectivity index (χ1v) is 17.1. The van der Waals surface area contributed by atoms with Gasteiger partial charge in [0, 0.05) is 57.0 Å². The Morgan fingerprint density at radius 3 is 2.38 bits per heavy atom. The molecule has 0 spiro atoms. The third kappa shape index (κ3) is 7.74. The first-order valence-electron chi connectivity index (χ1n) is 17.1. The molecule has 0 bridgehead atoms. The number of piperazine rings is 1. The number of halogens is 1. The fraction of sp³-hybridized carbons (Fsp3) is 0.405. The number of fused-ring (bicyclic) bond motifs is 1. The number of pyridine rings is 1. The zero-order valence-electron chi connectivity index (χ0n) is 27.1. The minimum Gasteiger partial charge on any atom is -0.438 e. The lowest BCUT2D eigenvalue weighted by Crippen LogP contribution is -2.44. The number of hydrogen-bond acceptors (Lipinski definition) is 7. The molecular weight excluding hydrogens is 609 g/mol. The number of aryl methyl sites for hydroxylation is 2. The Bertz CT molecular complexity index is 1720. The smallest absolute Gasteiger partial charge is 0.272 e. The summed E-state index contributed by atoms with van der Waals surface area (Å²) in [6.45, 7) is 5.93. The van der Waals surface area contributed by atoms with Crippen LogP contribution in [0.5, 0.6) is 11.6 Å². The van der Waals surface area contributed by atoms with Crippen molar-refractivity contribution < 1.29 is 18.7 Å². The Hall–Kier alpha value is -4.61. The van der Waals surface area contributed by atoms with Crippen LogP contribution in [0, 0.1) is 5.82 Å². The van der Waals surface area contributed by atoms with Gasteiger partial charge in [0.2, 0.25) is 5.88 Å². The number of aromatic nitrogens is 3. The Labute approximate surface area is 280 Å². The van der Waals surface area contributed by atoms with Gasteiger partial charge in [-0.05, 0) is 85.9 Å². The van der Waals surface area contributed by atoms with Gasteiger partial charge in [0.05, 0.1) is 6.20 Å². The lowest BCUT2D eigenvalue weighted by atomic mass is 9.91. The molecule has 2 aliphatic heterocycles. The van der Waals surface area contributed by atoms with E-state index in [0.717, 1.165) is 100 Å². The first-order chi connectivity index (χ1) is 23.5. The van der Waals surface area contributed by atoms with Gasteiger partial charge in [-0.15, -0.1) is 0 Å². The maximum absolute atomic E-state index is 14.3. The van der Waals surface area contributed by atoms with Crippen molar-refractivity contribution in [1.82, 2.24) is 35.6 Å². The van der Waals surface area contributed by atoms with Crippen molar-refractivity contribution >= 4 is 11.8 Å². The monoisotopic (exact) mass is 651 g/mol. The van der Waals surface area contributed by atoms with Crippen molar-refractivity contribution in [1.29, 1.82) is 0 Å². The highest BCUT2D eigenvalue weighted by molar-refractivity contribution is 5.96. The number of hydrogen-bond donors (Lipinski definition) is 3. The minimum absolute atomic E-state index is 0.00908. The molecule has 4 aromatic rings. The van der Waals surface area contributed by atoms with Crippen LogP contribution < -0.4 is 20.7 Å². The molecule has 1 aliphatic carbocycles. The van der Waals surface area contributed by atoms with Gasteiger partial charge < -0.3 is 20.7 Å². The molecule has 0 radical (unpaired) electrons. The van der Waals surface area contributed by atoms with Crippen LogP contribution in [0.3, 0.4) is 0 Å². The summed E-state index contributed by atoms with van der Waals surface area (Å²) in [5.74, 6) is -0.663. The zero-order chi connectivity index (χ0) is 32.9. The fourth-order valence-corrected chi connectivity index (χ4v) is 6.89. The molecule has 10 nitrogen and oxygen atoms in total. The predicted octanol–water partition coefficient (Wildman–Crippen LogP) is 5.09. The summed E-state index contributed by atoms with van der Waals surface area (Å²) in [7, 11) is 0. The van der Waals surface area contributed by atoms with Crippen molar-refractivity contribution in [2.45, 2.75) is 70.1 Å². The van der Waals surface area contributed by atoms with Gasteiger partial charge in [0.25, 0.3) is 11.8 Å². The maximum atomic E-state index is 14.3. The van der Waals surface area contributed by atoms with E-state index in [0.29, 0.717) is 24.3 Å². The van der Waals surface area contributed by atoms with Gasteiger partial charge in [-0.1, -0.05) is 36.4 Å². The standard InChI is InChI=1S/C37H42FN7O3/c38-28-21-33(35(46)41-29-11-13-30(14-12-29)42-36(47)34-22-31-5-1-2-17-45(31)43-34)37(40-23-28)48-32-6-3-4-27(20-32)26-9-7-25(8-10-26)24-44-18-15-39-16-19-44/h3-4,6-10,20-23,29-30,39H,1-2,5,11-19,24H2,(H,41,46)(H,42,47)/t29-,30-. The molecule has 2 aromatic heterocycles. The molecule has 11 heteroatoms. The Balaban J connectivity index is 0.948. The van der Waals surface area contributed by atoms with Gasteiger partial charge >= 0.3 is 0 Å². The number of nitrogens with one attached hydrogen (secondary N) is 3. The van der Waals surface area contributed by atoms with Crippen LogP contribution in [0.25, 0.3) is 11.1 Å². The van der Waals surface area contributed by atoms with E-state index in [2.05, 4.69) is 55.2 Å². The topological polar surface area (TPSA) is 113 Å². The molecule has 7 rings (SSSR count). The van der Waals surface area contributed by atoms with Gasteiger partial charge in [0.15, 0.2) is 0 Å². The Morgan fingerprint density at radius 1 is 0.875 bits per heavy atom. The molecule has 2 amide bonds. The summed E-state index contributed by atoms with van der Waals surface area (Å²) in [4.78, 5) is 32.8. The molecule has 1 saturated heterocycles. The Morgan fingerprint density at radius 2 is 1.62 bits per heavy atom. The molecule has 0 atom stereocenters. The summed E-state index contributed by atoms with van der Waals surface area (Å²) in [6, 6.07) is 19.1. The van der Waals surface area contributed by atoms with Crippen LogP contribution in [0.15, 0.2) is 66.9 Å². The first kappa shape index (κ1) is 32.0. The molecule has 48 heavy (non-hydrogen) atoms. The third-order valence-corrected chi connectivity index (χ3v) is 9.56. The van der Waals surface area contributed by atoms with Gasteiger partial charge in [-0.3, -0.25) is 19.2 Å². The SMILES string of the molecule is O=C(N[C@H]1CC[C@H](NC(=O)c2cc(F)cnc2Oc2cccc(-c3ccc(CN4CCNCC4)cc3)c2)CC1)c1cc2n(n1)CCCC2. The molecule has 0 unspecified atom stereocenters. The van der Waals surface area contributed by atoms with Crippen LogP contribution in [-0.2, 0) is 19.5 Å². The van der Waals surface area contributed by atoms with Gasteiger partial charge in [-0.25, -0.2) is 9.37 Å². The molecule has 3 aliphatic rings. The fourth-order valence-electron chi connectivity index (χ4n) is 6.89. The summed E-state index contributed by atoms with van der Waals surface area (Å²) >= 11 is 0. The van der Waals surface area contributed by atoms with Crippen LogP contribution in [0.1, 0.15) is 70.6 Å². The predicted molar refractivity (Wildman–Crippen MR) is 180 cm³/mol. The van der Waals surface area contributed by atoms with Crippen molar-refractivity contribution in [3.05, 3.63) is 95.2 Å². The van der Waals surface area contributed by atoms with Crippen LogP contribution in [0.4, 0.5) is 4.39 Å². The van der Waals surface area contributed by atoms with E-state index in [9.17, 15) is 14.0 Å². The van der Waals surface area contributed by atoms with Gasteiger partial charge in [-0.2, -0.15) is 5.10 Å². The highest BCUT2D eigenvalue weighted by Crippen LogP contribution is 2.29. The largest absolute Gasteiger partial charge is 0.438 e. The average molecular weight is 652 g/mol. The van der Waals surface area contributed by atoms with Crippen molar-refractivity contribution in [3.63, 3.8) is 0 Å². The van der Waals surface area contributed by atoms with E-state index in [1.807, 2.05) is 28.9 Å². The lowest BCUT2D eigenvalue weighted by molar-refractivity contribution is 0.0887. The van der Waals surface area contributed by atoms with E-state index in [-0.39, 0.29) is 29.4 Å². The van der Waals surface area contributed by atoms with E-state index >= 15 is 0 Å². The second-order valence-electron chi connectivity index (χ2n) is 13.1. The van der Waals surface area contributed by atoms with E-state index in [1.165, 1.54) is 5.56 Å². The van der Waals surface area contributed by atoms with Crippen molar-refractivity contribution in [3.8, 4) is 22.8 Å². The van der Waals surface area contributed by atoms with Crippen LogP contribution in [0.2, 0.25) is 0 Å². The number of ether oxygens (including phenoxy) is 1. The molecule has 250 valence electrons. The highest BCUT2D eigenvalue weighted by atomic mass is 19.1. The van der Waals surface area contributed by atoms with E-state index < -0.39 is 11.7 Å². The van der Waals surface area contributed by atoms with Crippen molar-refractivity contribution in [2.75, 3.05) is 26.2 Å². The van der Waals surface area contributed by atoms with Gasteiger partial charge in [0.1, 0.15) is 22.8 Å². The summed E-state index contributed by atoms with van der Waals surface area (Å²) in [5.41, 5.74) is 4.91. The second kappa shape index (κ2) is 14.7. The number of amides is 2. The van der Waals surface area contributed by atoms with E-state index in [1.54, 1.807) is 6.07 Å². The van der Waals surface area contributed by atoms with Crippen LogP contribution >= 0.6 is 0 Å². The quantitative estimate of drug-likeness (QED) is 0.231. The molecular formula is C37H42FN7O3. The second-order valence-corrected chi connectivity index (χ2v) is 13.1. The van der Waals surface area contributed by atoms with Crippen LogP contribution in [-0.4, -0.2) is 69.7 Å². The number of carbonyl (C=O) groups is 2. The number of carbonyl (C=O) groups excluding carboxylic acids is 2. The Kier molecular flexibility index (Phi) is 9.76. The molecule has 3 N–H and O–H groups in total. The summed E-state index contributed by atoms with van der Waals surface area (Å²) in [5, 5.41) is 14.0. The minimum atomic E-state index is -0.616. The number of benzene rings is 2. The number of rotatable bonds is 9. The zero-order valence-corrected chi connectivity index (χ0v) is 27.1. The summed E-state index contributed by atoms with van der Waals surface area (Å²) in [6.07, 6.45) is 7.04. The highest BCUT2D eigenvalue weighted by Gasteiger charge is 2.27. The lowest BCUT2D eigenvalue weighted by Gasteiger charge is -2.29.